The quantitative estimate of drug-likeness (QED) is 0.700. The molecule has 1 atom stereocenters. The average molecular weight is 164 g/mol. The highest BCUT2D eigenvalue weighted by atomic mass is 16.3. The first-order chi connectivity index (χ1) is 5.79. The van der Waals surface area contributed by atoms with Crippen molar-refractivity contribution in [2.45, 2.75) is 18.9 Å². The Morgan fingerprint density at radius 2 is 1.92 bits per heavy atom. The molecule has 1 fully saturated rings. The van der Waals surface area contributed by atoms with Crippen molar-refractivity contribution >= 4 is 0 Å². The summed E-state index contributed by atoms with van der Waals surface area (Å²) in [6, 6.07) is 6.98. The number of aliphatic hydroxyl groups excluding tert-OH is 1. The van der Waals surface area contributed by atoms with Crippen LogP contribution in [0.15, 0.2) is 24.3 Å². The lowest BCUT2D eigenvalue weighted by Crippen LogP contribution is -1.99. The minimum Gasteiger partial charge on any atom is -0.508 e. The Morgan fingerprint density at radius 1 is 1.25 bits per heavy atom. The third-order valence-corrected chi connectivity index (χ3v) is 2.32. The zero-order chi connectivity index (χ0) is 8.55. The van der Waals surface area contributed by atoms with Gasteiger partial charge in [0.05, 0.1) is 6.10 Å². The highest BCUT2D eigenvalue weighted by molar-refractivity contribution is 5.34. The molecule has 1 unspecified atom stereocenters. The van der Waals surface area contributed by atoms with Gasteiger partial charge in [0.25, 0.3) is 0 Å². The Kier molecular flexibility index (Phi) is 1.77. The lowest BCUT2D eigenvalue weighted by Gasteiger charge is -2.10. The van der Waals surface area contributed by atoms with Crippen LogP contribution in [0.3, 0.4) is 0 Å². The third kappa shape index (κ3) is 1.30. The molecule has 1 aromatic rings. The number of hydrogen-bond donors (Lipinski definition) is 2. The van der Waals surface area contributed by atoms with E-state index in [9.17, 15) is 10.2 Å². The van der Waals surface area contributed by atoms with E-state index in [-0.39, 0.29) is 5.75 Å². The molecule has 1 aliphatic carbocycles. The van der Waals surface area contributed by atoms with Crippen LogP contribution in [0.4, 0.5) is 0 Å². The summed E-state index contributed by atoms with van der Waals surface area (Å²) in [7, 11) is 0. The summed E-state index contributed by atoms with van der Waals surface area (Å²) in [4.78, 5) is 0. The van der Waals surface area contributed by atoms with Gasteiger partial charge in [-0.2, -0.15) is 0 Å². The molecule has 0 radical (unpaired) electrons. The normalized spacial score (nSPS) is 19.1. The van der Waals surface area contributed by atoms with Gasteiger partial charge in [-0.15, -0.1) is 0 Å². The van der Waals surface area contributed by atoms with Crippen molar-refractivity contribution < 1.29 is 10.2 Å². The third-order valence-electron chi connectivity index (χ3n) is 2.32. The van der Waals surface area contributed by atoms with E-state index in [1.165, 1.54) is 0 Å². The number of phenols is 1. The molecule has 0 aliphatic heterocycles. The topological polar surface area (TPSA) is 40.5 Å². The first-order valence-corrected chi connectivity index (χ1v) is 4.25. The summed E-state index contributed by atoms with van der Waals surface area (Å²) >= 11 is 0. The van der Waals surface area contributed by atoms with Gasteiger partial charge in [-0.1, -0.05) is 18.2 Å². The molecular weight excluding hydrogens is 152 g/mol. The largest absolute Gasteiger partial charge is 0.508 e. The van der Waals surface area contributed by atoms with Crippen molar-refractivity contribution in [3.05, 3.63) is 29.8 Å². The number of aromatic hydroxyl groups is 1. The maximum absolute atomic E-state index is 9.68. The molecule has 2 rings (SSSR count). The molecule has 64 valence electrons. The van der Waals surface area contributed by atoms with Crippen LogP contribution in [0.1, 0.15) is 24.5 Å². The summed E-state index contributed by atoms with van der Waals surface area (Å²) in [5.41, 5.74) is 0.667. The number of para-hydroxylation sites is 1. The van der Waals surface area contributed by atoms with Gasteiger partial charge in [0.15, 0.2) is 0 Å². The van der Waals surface area contributed by atoms with Crippen molar-refractivity contribution in [2.24, 2.45) is 5.92 Å². The molecular formula is C10H12O2. The molecule has 2 nitrogen and oxygen atoms in total. The van der Waals surface area contributed by atoms with Crippen LogP contribution in [0.2, 0.25) is 0 Å². The van der Waals surface area contributed by atoms with Gasteiger partial charge in [-0.3, -0.25) is 0 Å². The molecule has 0 aromatic heterocycles. The Labute approximate surface area is 71.5 Å². The van der Waals surface area contributed by atoms with Crippen molar-refractivity contribution in [3.8, 4) is 5.75 Å². The van der Waals surface area contributed by atoms with Crippen LogP contribution in [0.25, 0.3) is 0 Å². The van der Waals surface area contributed by atoms with Gasteiger partial charge in [0.1, 0.15) is 5.75 Å². The summed E-state index contributed by atoms with van der Waals surface area (Å²) in [6.45, 7) is 0. The maximum Gasteiger partial charge on any atom is 0.121 e. The Balaban J connectivity index is 2.25. The van der Waals surface area contributed by atoms with Gasteiger partial charge >= 0.3 is 0 Å². The fraction of sp³-hybridized carbons (Fsp3) is 0.400. The molecule has 0 heterocycles. The zero-order valence-corrected chi connectivity index (χ0v) is 6.77. The lowest BCUT2D eigenvalue weighted by molar-refractivity contribution is 0.150. The first kappa shape index (κ1) is 7.62. The van der Waals surface area contributed by atoms with Crippen molar-refractivity contribution in [1.82, 2.24) is 0 Å². The van der Waals surface area contributed by atoms with E-state index < -0.39 is 6.10 Å². The number of aliphatic hydroxyl groups is 1. The van der Waals surface area contributed by atoms with Crippen molar-refractivity contribution in [2.75, 3.05) is 0 Å². The molecule has 0 amide bonds. The lowest BCUT2D eigenvalue weighted by atomic mass is 10.0. The van der Waals surface area contributed by atoms with Crippen LogP contribution < -0.4 is 0 Å². The molecule has 1 aliphatic rings. The van der Waals surface area contributed by atoms with Crippen LogP contribution in [0, 0.1) is 5.92 Å². The molecule has 1 saturated carbocycles. The molecule has 2 N–H and O–H groups in total. The predicted molar refractivity (Wildman–Crippen MR) is 45.8 cm³/mol. The highest BCUT2D eigenvalue weighted by Gasteiger charge is 2.31. The van der Waals surface area contributed by atoms with Crippen molar-refractivity contribution in [1.29, 1.82) is 0 Å². The second kappa shape index (κ2) is 2.79. The Bertz CT molecular complexity index is 279. The Hall–Kier alpha value is -1.02. The fourth-order valence-electron chi connectivity index (χ4n) is 1.40. The number of hydrogen-bond acceptors (Lipinski definition) is 2. The second-order valence-corrected chi connectivity index (χ2v) is 3.34. The van der Waals surface area contributed by atoms with Gasteiger partial charge in [0.2, 0.25) is 0 Å². The molecule has 0 saturated heterocycles. The van der Waals surface area contributed by atoms with Crippen molar-refractivity contribution in [3.63, 3.8) is 0 Å². The van der Waals surface area contributed by atoms with E-state index in [0.717, 1.165) is 12.8 Å². The summed E-state index contributed by atoms with van der Waals surface area (Å²) in [5, 5.41) is 19.1. The molecule has 2 heteroatoms. The summed E-state index contributed by atoms with van der Waals surface area (Å²) in [6.07, 6.45) is 1.69. The summed E-state index contributed by atoms with van der Waals surface area (Å²) in [5.74, 6) is 0.579. The van der Waals surface area contributed by atoms with E-state index in [2.05, 4.69) is 0 Å². The SMILES string of the molecule is Oc1ccccc1C(O)C1CC1. The predicted octanol–water partition coefficient (Wildman–Crippen LogP) is 1.84. The van der Waals surface area contributed by atoms with Gasteiger partial charge in [-0.25, -0.2) is 0 Å². The van der Waals surface area contributed by atoms with E-state index >= 15 is 0 Å². The van der Waals surface area contributed by atoms with E-state index in [1.807, 2.05) is 6.07 Å². The minimum absolute atomic E-state index is 0.205. The van der Waals surface area contributed by atoms with Crippen LogP contribution in [-0.4, -0.2) is 10.2 Å². The van der Waals surface area contributed by atoms with E-state index in [0.29, 0.717) is 11.5 Å². The maximum atomic E-state index is 9.68. The number of phenolic OH excluding ortho intramolecular Hbond substituents is 1. The molecule has 1 aromatic carbocycles. The molecule has 12 heavy (non-hydrogen) atoms. The smallest absolute Gasteiger partial charge is 0.121 e. The first-order valence-electron chi connectivity index (χ1n) is 4.25. The average Bonchev–Trinajstić information content (AvgIpc) is 2.86. The van der Waals surface area contributed by atoms with Gasteiger partial charge < -0.3 is 10.2 Å². The Morgan fingerprint density at radius 3 is 2.50 bits per heavy atom. The fourth-order valence-corrected chi connectivity index (χ4v) is 1.40. The highest BCUT2D eigenvalue weighted by Crippen LogP contribution is 2.42. The van der Waals surface area contributed by atoms with Crippen LogP contribution >= 0.6 is 0 Å². The van der Waals surface area contributed by atoms with Crippen LogP contribution in [-0.2, 0) is 0 Å². The second-order valence-electron chi connectivity index (χ2n) is 3.34. The monoisotopic (exact) mass is 164 g/mol. The summed E-state index contributed by atoms with van der Waals surface area (Å²) < 4.78 is 0. The standard InChI is InChI=1S/C10H12O2/c11-9-4-2-1-3-8(9)10(12)7-5-6-7/h1-4,7,10-12H,5-6H2. The number of benzene rings is 1. The van der Waals surface area contributed by atoms with E-state index in [4.69, 9.17) is 0 Å². The van der Waals surface area contributed by atoms with Gasteiger partial charge in [0, 0.05) is 5.56 Å². The minimum atomic E-state index is -0.466. The number of rotatable bonds is 2. The van der Waals surface area contributed by atoms with Gasteiger partial charge in [-0.05, 0) is 24.8 Å². The molecule has 0 bridgehead atoms. The van der Waals surface area contributed by atoms with Crippen LogP contribution in [0.5, 0.6) is 5.75 Å². The molecule has 0 spiro atoms. The zero-order valence-electron chi connectivity index (χ0n) is 6.77. The van der Waals surface area contributed by atoms with E-state index in [1.54, 1.807) is 18.2 Å².